The third-order valence-electron chi connectivity index (χ3n) is 7.25. The van der Waals surface area contributed by atoms with Gasteiger partial charge in [0.1, 0.15) is 11.5 Å². The molecule has 2 atom stereocenters. The Morgan fingerprint density at radius 3 is 1.16 bits per heavy atom. The van der Waals surface area contributed by atoms with Crippen LogP contribution in [-0.2, 0) is 0 Å². The Morgan fingerprint density at radius 1 is 0.579 bits per heavy atom. The summed E-state index contributed by atoms with van der Waals surface area (Å²) in [6.45, 7) is 18.5. The summed E-state index contributed by atoms with van der Waals surface area (Å²) < 4.78 is 11.1. The predicted octanol–water partition coefficient (Wildman–Crippen LogP) is 6.25. The molecule has 0 fully saturated rings. The Morgan fingerprint density at radius 2 is 0.895 bits per heavy atom. The van der Waals surface area contributed by atoms with Crippen molar-refractivity contribution in [3.63, 3.8) is 0 Å². The van der Waals surface area contributed by atoms with Gasteiger partial charge in [0.25, 0.3) is 0 Å². The summed E-state index contributed by atoms with van der Waals surface area (Å²) in [6.07, 6.45) is 1.33. The minimum absolute atomic E-state index is 0.134. The van der Waals surface area contributed by atoms with Gasteiger partial charge in [-0.15, -0.1) is 0 Å². The summed E-state index contributed by atoms with van der Waals surface area (Å²) in [5, 5.41) is 0. The first-order chi connectivity index (χ1) is 18.4. The van der Waals surface area contributed by atoms with Gasteiger partial charge < -0.3 is 19.3 Å². The summed E-state index contributed by atoms with van der Waals surface area (Å²) in [6, 6.07) is 14.9. The first-order valence-electron chi connectivity index (χ1n) is 14.4. The van der Waals surface area contributed by atoms with Crippen LogP contribution in [0.5, 0.6) is 11.5 Å². The van der Waals surface area contributed by atoms with Gasteiger partial charge in [-0.2, -0.15) is 0 Å². The van der Waals surface area contributed by atoms with Crippen molar-refractivity contribution in [2.75, 3.05) is 52.5 Å². The summed E-state index contributed by atoms with van der Waals surface area (Å²) in [7, 11) is 0. The number of Topliss-reactive ketones (excluding diaryl/α,β-unsaturated/α-hetero) is 2. The quantitative estimate of drug-likeness (QED) is 0.203. The molecular weight excluding hydrogens is 476 g/mol. The molecule has 0 aliphatic rings. The van der Waals surface area contributed by atoms with Crippen LogP contribution in [0.3, 0.4) is 0 Å². The first-order valence-corrected chi connectivity index (χ1v) is 14.4. The number of benzene rings is 2. The van der Waals surface area contributed by atoms with Crippen molar-refractivity contribution < 1.29 is 19.1 Å². The van der Waals surface area contributed by atoms with E-state index in [1.807, 2.05) is 62.4 Å². The molecule has 2 aromatic carbocycles. The fourth-order valence-corrected chi connectivity index (χ4v) is 4.84. The van der Waals surface area contributed by atoms with Gasteiger partial charge >= 0.3 is 0 Å². The highest BCUT2D eigenvalue weighted by Gasteiger charge is 2.27. The Balaban J connectivity index is 2.27. The second-order valence-electron chi connectivity index (χ2n) is 9.59. The van der Waals surface area contributed by atoms with Crippen LogP contribution in [0, 0.1) is 11.8 Å². The van der Waals surface area contributed by atoms with E-state index in [1.54, 1.807) is 0 Å². The highest BCUT2D eigenvalue weighted by atomic mass is 16.5. The summed E-state index contributed by atoms with van der Waals surface area (Å²) in [4.78, 5) is 32.0. The van der Waals surface area contributed by atoms with Gasteiger partial charge in [0.05, 0.1) is 13.2 Å². The SMILES string of the molecule is CCOc1ccc(C(=O)[C@@H](CC[C@@H](CN(CC)CC)C(=O)c2ccc(OCC)cc2)CN(CC)CC)cc1. The molecule has 6 heteroatoms. The van der Waals surface area contributed by atoms with E-state index in [-0.39, 0.29) is 23.4 Å². The number of ether oxygens (including phenoxy) is 2. The molecule has 2 rings (SSSR count). The monoisotopic (exact) mass is 524 g/mol. The molecule has 0 saturated heterocycles. The van der Waals surface area contributed by atoms with Crippen LogP contribution in [0.25, 0.3) is 0 Å². The molecule has 0 radical (unpaired) electrons. The standard InChI is InChI=1S/C32H48N2O4/c1-7-33(8-2)23-27(31(35)25-15-19-29(20-16-25)37-11-5)13-14-28(24-34(9-3)10-4)32(36)26-17-21-30(22-18-26)38-12-6/h15-22,27-28H,7-14,23-24H2,1-6H3/t27-,28-/m0/s1. The van der Waals surface area contributed by atoms with Gasteiger partial charge in [-0.3, -0.25) is 9.59 Å². The molecule has 0 bridgehead atoms. The Labute approximate surface area is 230 Å². The number of carbonyl (C=O) groups excluding carboxylic acids is 2. The van der Waals surface area contributed by atoms with Gasteiger partial charge in [-0.25, -0.2) is 0 Å². The molecule has 6 nitrogen and oxygen atoms in total. The fraction of sp³-hybridized carbons (Fsp3) is 0.562. The molecule has 0 amide bonds. The van der Waals surface area contributed by atoms with Crippen LogP contribution >= 0.6 is 0 Å². The third-order valence-corrected chi connectivity index (χ3v) is 7.25. The van der Waals surface area contributed by atoms with E-state index in [9.17, 15) is 9.59 Å². The van der Waals surface area contributed by atoms with Gasteiger partial charge in [-0.05, 0) is 101 Å². The zero-order valence-corrected chi connectivity index (χ0v) is 24.4. The van der Waals surface area contributed by atoms with Crippen molar-refractivity contribution in [1.29, 1.82) is 0 Å². The normalized spacial score (nSPS) is 12.9. The largest absolute Gasteiger partial charge is 0.494 e. The van der Waals surface area contributed by atoms with Crippen molar-refractivity contribution in [2.45, 2.75) is 54.4 Å². The van der Waals surface area contributed by atoms with Crippen LogP contribution in [0.2, 0.25) is 0 Å². The highest BCUT2D eigenvalue weighted by Crippen LogP contribution is 2.25. The lowest BCUT2D eigenvalue weighted by atomic mass is 9.86. The number of hydrogen-bond acceptors (Lipinski definition) is 6. The van der Waals surface area contributed by atoms with E-state index in [1.165, 1.54) is 0 Å². The molecule has 0 spiro atoms. The zero-order chi connectivity index (χ0) is 27.9. The van der Waals surface area contributed by atoms with E-state index in [0.717, 1.165) is 37.7 Å². The molecule has 0 saturated carbocycles. The minimum atomic E-state index is -0.180. The van der Waals surface area contributed by atoms with Crippen molar-refractivity contribution in [3.05, 3.63) is 59.7 Å². The van der Waals surface area contributed by atoms with E-state index < -0.39 is 0 Å². The minimum Gasteiger partial charge on any atom is -0.494 e. The van der Waals surface area contributed by atoms with Crippen molar-refractivity contribution in [2.24, 2.45) is 11.8 Å². The molecule has 0 aliphatic heterocycles. The van der Waals surface area contributed by atoms with Gasteiger partial charge in [0, 0.05) is 36.1 Å². The summed E-state index contributed by atoms with van der Waals surface area (Å²) in [5.41, 5.74) is 1.40. The van der Waals surface area contributed by atoms with Crippen molar-refractivity contribution >= 4 is 11.6 Å². The summed E-state index contributed by atoms with van der Waals surface area (Å²) >= 11 is 0. The zero-order valence-electron chi connectivity index (χ0n) is 24.4. The van der Waals surface area contributed by atoms with Crippen molar-refractivity contribution in [3.8, 4) is 11.5 Å². The fourth-order valence-electron chi connectivity index (χ4n) is 4.84. The van der Waals surface area contributed by atoms with Crippen LogP contribution in [0.15, 0.2) is 48.5 Å². The molecule has 0 aliphatic carbocycles. The average molecular weight is 525 g/mol. The third kappa shape index (κ3) is 9.55. The smallest absolute Gasteiger partial charge is 0.167 e. The number of hydrogen-bond donors (Lipinski definition) is 0. The predicted molar refractivity (Wildman–Crippen MR) is 156 cm³/mol. The van der Waals surface area contributed by atoms with E-state index in [2.05, 4.69) is 37.5 Å². The number of nitrogens with zero attached hydrogens (tertiary/aromatic N) is 2. The van der Waals surface area contributed by atoms with Crippen LogP contribution in [-0.4, -0.2) is 73.8 Å². The van der Waals surface area contributed by atoms with Crippen molar-refractivity contribution in [1.82, 2.24) is 9.80 Å². The molecule has 210 valence electrons. The van der Waals surface area contributed by atoms with E-state index in [0.29, 0.717) is 50.3 Å². The number of ketones is 2. The van der Waals surface area contributed by atoms with Crippen LogP contribution in [0.4, 0.5) is 0 Å². The lowest BCUT2D eigenvalue weighted by molar-refractivity contribution is 0.0815. The summed E-state index contributed by atoms with van der Waals surface area (Å²) in [5.74, 6) is 1.44. The second-order valence-corrected chi connectivity index (χ2v) is 9.59. The number of rotatable bonds is 19. The van der Waals surface area contributed by atoms with Crippen LogP contribution < -0.4 is 9.47 Å². The Hall–Kier alpha value is -2.70. The first kappa shape index (κ1) is 31.5. The topological polar surface area (TPSA) is 59.1 Å². The van der Waals surface area contributed by atoms with E-state index in [4.69, 9.17) is 9.47 Å². The molecule has 0 aromatic heterocycles. The van der Waals surface area contributed by atoms with Crippen LogP contribution in [0.1, 0.15) is 75.1 Å². The Kier molecular flexibility index (Phi) is 14.1. The molecule has 2 aromatic rings. The van der Waals surface area contributed by atoms with E-state index >= 15 is 0 Å². The molecule has 0 heterocycles. The lowest BCUT2D eigenvalue weighted by Gasteiger charge is -2.28. The molecular formula is C32H48N2O4. The molecule has 0 N–H and O–H groups in total. The Bertz CT molecular complexity index is 871. The maximum atomic E-state index is 13.7. The molecule has 38 heavy (non-hydrogen) atoms. The van der Waals surface area contributed by atoms with Gasteiger partial charge in [0.2, 0.25) is 0 Å². The van der Waals surface area contributed by atoms with Gasteiger partial charge in [-0.1, -0.05) is 27.7 Å². The maximum Gasteiger partial charge on any atom is 0.167 e. The lowest BCUT2D eigenvalue weighted by Crippen LogP contribution is -2.36. The number of carbonyl (C=O) groups is 2. The maximum absolute atomic E-state index is 13.7. The second kappa shape index (κ2) is 17.0. The average Bonchev–Trinajstić information content (AvgIpc) is 2.95. The highest BCUT2D eigenvalue weighted by molar-refractivity contribution is 5.99. The molecule has 0 unspecified atom stereocenters. The van der Waals surface area contributed by atoms with Gasteiger partial charge in [0.15, 0.2) is 11.6 Å².